The van der Waals surface area contributed by atoms with Crippen molar-refractivity contribution in [2.75, 3.05) is 6.61 Å². The molecule has 1 aliphatic rings. The van der Waals surface area contributed by atoms with E-state index in [0.717, 1.165) is 24.6 Å². The Bertz CT molecular complexity index is 1860. The quantitative estimate of drug-likeness (QED) is 0.266. The number of pyridine rings is 1. The van der Waals surface area contributed by atoms with Gasteiger partial charge in [0.2, 0.25) is 0 Å². The third-order valence-corrected chi connectivity index (χ3v) is 9.96. The lowest BCUT2D eigenvalue weighted by molar-refractivity contribution is -0.141. The lowest BCUT2D eigenvalue weighted by atomic mass is 9.30. The molecule has 0 bridgehead atoms. The molecule has 7 nitrogen and oxygen atoms in total. The number of hydrogen-bond acceptors (Lipinski definition) is 5. The standard InChI is InChI=1S/C29H23B5F3N3O4S/c30-28(31,32)29(33,34)45(43,44)22-8-3-16(4-9-22)23(15-41)39-26(42)18-5-10-24-19(12-18)14-21(40(24)20-6-7-20)13-17-2-1-11-38-25(17)27(35,36)37/h1-5,8-12,14,20,23,41H,6-7,13,15H2,(H,39,42)/t23-/m0/s1. The van der Waals surface area contributed by atoms with E-state index < -0.39 is 49.9 Å². The smallest absolute Gasteiger partial charge is 0.394 e. The number of halogens is 3. The minimum absolute atomic E-state index is 0.00591. The number of carbonyl (C=O) groups excluding carboxylic acids is 1. The highest BCUT2D eigenvalue weighted by Gasteiger charge is 2.42. The predicted molar refractivity (Wildman–Crippen MR) is 167 cm³/mol. The van der Waals surface area contributed by atoms with Crippen LogP contribution in [0.15, 0.2) is 71.8 Å². The van der Waals surface area contributed by atoms with Crippen LogP contribution in [0.3, 0.4) is 0 Å². The molecule has 0 saturated heterocycles. The second-order valence-corrected chi connectivity index (χ2v) is 13.4. The second kappa shape index (κ2) is 11.8. The van der Waals surface area contributed by atoms with Gasteiger partial charge in [0.15, 0.2) is 9.84 Å². The molecule has 0 aliphatic heterocycles. The lowest BCUT2D eigenvalue weighted by Gasteiger charge is -2.40. The van der Waals surface area contributed by atoms with E-state index in [1.165, 1.54) is 36.4 Å². The van der Waals surface area contributed by atoms with Gasteiger partial charge < -0.3 is 15.0 Å². The van der Waals surface area contributed by atoms with Crippen LogP contribution in [0.25, 0.3) is 10.9 Å². The molecule has 1 atom stereocenters. The summed E-state index contributed by atoms with van der Waals surface area (Å²) in [5, 5.41) is 10.9. The average molecular weight is 621 g/mol. The predicted octanol–water partition coefficient (Wildman–Crippen LogP) is 2.79. The van der Waals surface area contributed by atoms with Gasteiger partial charge >= 0.3 is 6.18 Å². The summed E-state index contributed by atoms with van der Waals surface area (Å²) in [5.41, 5.74) is 1.18. The Morgan fingerprint density at radius 2 is 1.69 bits per heavy atom. The summed E-state index contributed by atoms with van der Waals surface area (Å²) in [5.74, 6) is -0.540. The molecule has 5 rings (SSSR count). The molecule has 1 aliphatic carbocycles. The van der Waals surface area contributed by atoms with E-state index >= 15 is 0 Å². The van der Waals surface area contributed by atoms with Crippen molar-refractivity contribution in [1.82, 2.24) is 14.9 Å². The molecule has 2 heterocycles. The minimum atomic E-state index is -4.60. The lowest BCUT2D eigenvalue weighted by Crippen LogP contribution is -2.52. The van der Waals surface area contributed by atoms with Crippen LogP contribution in [0.4, 0.5) is 13.2 Å². The van der Waals surface area contributed by atoms with E-state index in [4.69, 9.17) is 39.2 Å². The average Bonchev–Trinajstić information content (AvgIpc) is 3.75. The molecule has 2 aromatic heterocycles. The first-order valence-electron chi connectivity index (χ1n) is 13.8. The molecule has 1 saturated carbocycles. The van der Waals surface area contributed by atoms with Crippen LogP contribution >= 0.6 is 0 Å². The fraction of sp³-hybridized carbons (Fsp3) is 0.310. The zero-order chi connectivity index (χ0) is 32.9. The van der Waals surface area contributed by atoms with Crippen LogP contribution in [-0.4, -0.2) is 79.4 Å². The fourth-order valence-electron chi connectivity index (χ4n) is 5.15. The van der Waals surface area contributed by atoms with Gasteiger partial charge in [-0.1, -0.05) is 18.2 Å². The molecule has 10 radical (unpaired) electrons. The SMILES string of the molecule is [B]C([B])([B])C([B])([B])S(=O)(=O)c1ccc([C@H](CO)NC(=O)c2ccc3c(c2)cc(Cc2cccnc2C(F)(F)F)n3C2CC2)cc1. The number of nitrogens with one attached hydrogen (secondary N) is 1. The molecule has 45 heavy (non-hydrogen) atoms. The molecule has 1 fully saturated rings. The van der Waals surface area contributed by atoms with Gasteiger partial charge in [-0.05, 0) is 71.0 Å². The first-order valence-corrected chi connectivity index (χ1v) is 15.3. The van der Waals surface area contributed by atoms with E-state index in [9.17, 15) is 31.5 Å². The van der Waals surface area contributed by atoms with E-state index in [-0.39, 0.29) is 28.5 Å². The van der Waals surface area contributed by atoms with Crippen LogP contribution in [0.5, 0.6) is 0 Å². The summed E-state index contributed by atoms with van der Waals surface area (Å²) >= 11 is 0. The molecule has 2 N–H and O–H groups in total. The molecule has 220 valence electrons. The number of fused-ring (bicyclic) bond motifs is 1. The molecule has 16 heteroatoms. The number of nitrogens with zero attached hydrogens (tertiary/aromatic N) is 2. The Morgan fingerprint density at radius 1 is 1.02 bits per heavy atom. The largest absolute Gasteiger partial charge is 0.433 e. The van der Waals surface area contributed by atoms with Crippen molar-refractivity contribution >= 4 is 65.9 Å². The maximum atomic E-state index is 13.6. The van der Waals surface area contributed by atoms with Gasteiger partial charge in [-0.2, -0.15) is 13.2 Å². The number of aromatic nitrogens is 2. The van der Waals surface area contributed by atoms with Crippen molar-refractivity contribution in [1.29, 1.82) is 0 Å². The molecule has 2 aromatic carbocycles. The van der Waals surface area contributed by atoms with Crippen LogP contribution in [0.1, 0.15) is 57.8 Å². The van der Waals surface area contributed by atoms with Gasteiger partial charge in [-0.25, -0.2) is 8.42 Å². The summed E-state index contributed by atoms with van der Waals surface area (Å²) in [6.45, 7) is -0.524. The van der Waals surface area contributed by atoms with Gasteiger partial charge in [0.1, 0.15) is 5.69 Å². The van der Waals surface area contributed by atoms with Gasteiger partial charge in [-0.15, -0.1) is 5.11 Å². The van der Waals surface area contributed by atoms with E-state index in [1.807, 2.05) is 4.57 Å². The number of alkyl halides is 3. The van der Waals surface area contributed by atoms with E-state index in [1.54, 1.807) is 24.3 Å². The summed E-state index contributed by atoms with van der Waals surface area (Å²) in [4.78, 5) is 16.5. The Labute approximate surface area is 265 Å². The Balaban J connectivity index is 1.39. The number of aliphatic hydroxyl groups is 1. The zero-order valence-corrected chi connectivity index (χ0v) is 24.6. The Morgan fingerprint density at radius 3 is 2.27 bits per heavy atom. The molecular formula is C29H23B5F3N3O4S. The van der Waals surface area contributed by atoms with Crippen molar-refractivity contribution in [2.24, 2.45) is 0 Å². The van der Waals surface area contributed by atoms with Crippen molar-refractivity contribution in [3.8, 4) is 0 Å². The van der Waals surface area contributed by atoms with Gasteiger partial charge in [-0.3, -0.25) is 9.78 Å². The van der Waals surface area contributed by atoms with Gasteiger partial charge in [0, 0.05) is 40.8 Å². The van der Waals surface area contributed by atoms with Gasteiger partial charge in [0.05, 0.1) is 56.8 Å². The molecule has 0 spiro atoms. The fourth-order valence-corrected chi connectivity index (χ4v) is 6.50. The third-order valence-electron chi connectivity index (χ3n) is 7.83. The highest BCUT2D eigenvalue weighted by atomic mass is 32.2. The number of benzene rings is 2. The van der Waals surface area contributed by atoms with Gasteiger partial charge in [0.25, 0.3) is 5.91 Å². The van der Waals surface area contributed by atoms with E-state index in [0.29, 0.717) is 16.6 Å². The van der Waals surface area contributed by atoms with Crippen LogP contribution in [0, 0.1) is 0 Å². The molecule has 4 aromatic rings. The highest BCUT2D eigenvalue weighted by molar-refractivity contribution is 7.95. The summed E-state index contributed by atoms with van der Waals surface area (Å²) in [6, 6.07) is 13.9. The van der Waals surface area contributed by atoms with Crippen LogP contribution in [0.2, 0.25) is 5.11 Å². The van der Waals surface area contributed by atoms with Crippen LogP contribution < -0.4 is 5.32 Å². The third kappa shape index (κ3) is 6.36. The number of amides is 1. The van der Waals surface area contributed by atoms with Crippen LogP contribution in [-0.2, 0) is 22.4 Å². The first kappa shape index (κ1) is 33.0. The summed E-state index contributed by atoms with van der Waals surface area (Å²) < 4.78 is 65.9. The number of aliphatic hydroxyl groups excluding tert-OH is 1. The van der Waals surface area contributed by atoms with Crippen molar-refractivity contribution < 1.29 is 31.5 Å². The highest BCUT2D eigenvalue weighted by Crippen LogP contribution is 2.41. The number of sulfone groups is 1. The summed E-state index contributed by atoms with van der Waals surface area (Å²) in [7, 11) is 23.2. The number of carbonyl (C=O) groups is 1. The second-order valence-electron chi connectivity index (χ2n) is 11.2. The molecular weight excluding hydrogens is 597 g/mol. The maximum Gasteiger partial charge on any atom is 0.433 e. The zero-order valence-electron chi connectivity index (χ0n) is 23.8. The van der Waals surface area contributed by atoms with E-state index in [2.05, 4.69) is 10.3 Å². The minimum Gasteiger partial charge on any atom is -0.394 e. The number of hydrogen-bond donors (Lipinski definition) is 2. The maximum absolute atomic E-state index is 13.6. The van der Waals surface area contributed by atoms with Crippen molar-refractivity contribution in [2.45, 2.75) is 52.1 Å². The molecule has 1 amide bonds. The summed E-state index contributed by atoms with van der Waals surface area (Å²) in [6.07, 6.45) is -1.70. The topological polar surface area (TPSA) is 101 Å². The molecule has 0 unspecified atom stereocenters. The monoisotopic (exact) mass is 621 g/mol. The Hall–Kier alpha value is -3.38. The Kier molecular flexibility index (Phi) is 8.63. The van der Waals surface area contributed by atoms with Crippen molar-refractivity contribution in [3.05, 3.63) is 94.9 Å². The normalized spacial score (nSPS) is 15.2. The number of rotatable bonds is 10. The first-order chi connectivity index (χ1) is 21.0. The van der Waals surface area contributed by atoms with Crippen molar-refractivity contribution in [3.63, 3.8) is 0 Å².